The average Bonchev–Trinajstić information content (AvgIpc) is 2.71. The van der Waals surface area contributed by atoms with Crippen molar-refractivity contribution in [1.29, 1.82) is 0 Å². The first-order chi connectivity index (χ1) is 13.2. The summed E-state index contributed by atoms with van der Waals surface area (Å²) < 4.78 is 16.3. The van der Waals surface area contributed by atoms with Crippen molar-refractivity contribution < 1.29 is 14.2 Å². The summed E-state index contributed by atoms with van der Waals surface area (Å²) in [4.78, 5) is 9.12. The smallest absolute Gasteiger partial charge is 0.203 e. The highest BCUT2D eigenvalue weighted by Crippen LogP contribution is 2.38. The number of hydrogen-bond acceptors (Lipinski definition) is 5. The molecule has 0 saturated carbocycles. The minimum atomic E-state index is 0. The molecule has 0 unspecified atom stereocenters. The molecule has 0 aromatic heterocycles. The van der Waals surface area contributed by atoms with Crippen LogP contribution in [0.5, 0.6) is 17.2 Å². The van der Waals surface area contributed by atoms with Gasteiger partial charge in [0, 0.05) is 39.3 Å². The van der Waals surface area contributed by atoms with Crippen molar-refractivity contribution in [2.24, 2.45) is 4.99 Å². The Morgan fingerprint density at radius 2 is 1.71 bits per heavy atom. The van der Waals surface area contributed by atoms with Crippen molar-refractivity contribution >= 4 is 29.9 Å². The molecule has 7 nitrogen and oxygen atoms in total. The van der Waals surface area contributed by atoms with Gasteiger partial charge in [-0.2, -0.15) is 0 Å². The third-order valence-corrected chi connectivity index (χ3v) is 4.46. The van der Waals surface area contributed by atoms with Gasteiger partial charge in [-0.25, -0.2) is 4.99 Å². The Balaban J connectivity index is 0.00000392. The van der Waals surface area contributed by atoms with Crippen molar-refractivity contribution in [3.8, 4) is 29.6 Å². The van der Waals surface area contributed by atoms with E-state index < -0.39 is 0 Å². The number of ether oxygens (including phenoxy) is 3. The molecule has 1 aliphatic heterocycles. The Morgan fingerprint density at radius 3 is 2.18 bits per heavy atom. The monoisotopic (exact) mass is 502 g/mol. The van der Waals surface area contributed by atoms with Crippen LogP contribution < -0.4 is 19.5 Å². The van der Waals surface area contributed by atoms with E-state index >= 15 is 0 Å². The van der Waals surface area contributed by atoms with Crippen LogP contribution >= 0.6 is 24.0 Å². The topological polar surface area (TPSA) is 58.6 Å². The van der Waals surface area contributed by atoms with E-state index in [0.717, 1.165) is 50.8 Å². The van der Waals surface area contributed by atoms with Gasteiger partial charge in [0.15, 0.2) is 17.5 Å². The second-order valence-electron chi connectivity index (χ2n) is 6.17. The van der Waals surface area contributed by atoms with E-state index in [1.54, 1.807) is 21.3 Å². The SMILES string of the molecule is C#CCN=C(NCC)N1CCN(Cc2cc(OC)c(OC)c(OC)c2)CC1.I. The molecular weight excluding hydrogens is 471 g/mol. The predicted octanol–water partition coefficient (Wildman–Crippen LogP) is 2.05. The van der Waals surface area contributed by atoms with Crippen LogP contribution in [0.2, 0.25) is 0 Å². The summed E-state index contributed by atoms with van der Waals surface area (Å²) in [6.45, 7) is 7.80. The lowest BCUT2D eigenvalue weighted by Crippen LogP contribution is -2.52. The fourth-order valence-corrected chi connectivity index (χ4v) is 3.15. The van der Waals surface area contributed by atoms with Crippen LogP contribution in [0, 0.1) is 12.3 Å². The minimum Gasteiger partial charge on any atom is -0.493 e. The number of nitrogens with one attached hydrogen (secondary N) is 1. The second kappa shape index (κ2) is 12.6. The Morgan fingerprint density at radius 1 is 1.11 bits per heavy atom. The standard InChI is InChI=1S/C20H30N4O3.HI/c1-6-8-22-20(21-7-2)24-11-9-23(10-12-24)15-16-13-17(25-3)19(27-5)18(14-16)26-4;/h1,13-14H,7-12,15H2,2-5H3,(H,21,22);1H. The molecule has 28 heavy (non-hydrogen) atoms. The molecule has 1 aromatic rings. The zero-order valence-electron chi connectivity index (χ0n) is 17.2. The molecule has 1 saturated heterocycles. The minimum absolute atomic E-state index is 0. The molecule has 0 bridgehead atoms. The second-order valence-corrected chi connectivity index (χ2v) is 6.17. The average molecular weight is 502 g/mol. The van der Waals surface area contributed by atoms with Gasteiger partial charge >= 0.3 is 0 Å². The van der Waals surface area contributed by atoms with Crippen LogP contribution in [0.3, 0.4) is 0 Å². The highest BCUT2D eigenvalue weighted by molar-refractivity contribution is 14.0. The highest BCUT2D eigenvalue weighted by atomic mass is 127. The molecule has 156 valence electrons. The molecular formula is C20H31IN4O3. The maximum Gasteiger partial charge on any atom is 0.203 e. The van der Waals surface area contributed by atoms with Gasteiger partial charge in [0.05, 0.1) is 21.3 Å². The summed E-state index contributed by atoms with van der Waals surface area (Å²) in [6.07, 6.45) is 5.34. The van der Waals surface area contributed by atoms with Crippen LogP contribution in [0.1, 0.15) is 12.5 Å². The third-order valence-electron chi connectivity index (χ3n) is 4.46. The summed E-state index contributed by atoms with van der Waals surface area (Å²) in [6, 6.07) is 4.01. The van der Waals surface area contributed by atoms with Gasteiger partial charge in [-0.1, -0.05) is 5.92 Å². The van der Waals surface area contributed by atoms with E-state index in [-0.39, 0.29) is 24.0 Å². The molecule has 1 aromatic carbocycles. The van der Waals surface area contributed by atoms with E-state index in [4.69, 9.17) is 20.6 Å². The number of methoxy groups -OCH3 is 3. The van der Waals surface area contributed by atoms with E-state index in [0.29, 0.717) is 23.8 Å². The van der Waals surface area contributed by atoms with Crippen LogP contribution in [0.4, 0.5) is 0 Å². The van der Waals surface area contributed by atoms with Crippen molar-refractivity contribution in [3.63, 3.8) is 0 Å². The number of terminal acetylenes is 1. The van der Waals surface area contributed by atoms with E-state index in [1.807, 2.05) is 12.1 Å². The first-order valence-corrected chi connectivity index (χ1v) is 9.14. The highest BCUT2D eigenvalue weighted by Gasteiger charge is 2.21. The number of halogens is 1. The van der Waals surface area contributed by atoms with Crippen molar-refractivity contribution in [2.45, 2.75) is 13.5 Å². The van der Waals surface area contributed by atoms with Crippen LogP contribution in [-0.2, 0) is 6.54 Å². The molecule has 1 fully saturated rings. The number of rotatable bonds is 7. The number of nitrogens with zero attached hydrogens (tertiary/aromatic N) is 3. The number of benzene rings is 1. The van der Waals surface area contributed by atoms with Crippen molar-refractivity contribution in [1.82, 2.24) is 15.1 Å². The Hall–Kier alpha value is -1.86. The summed E-state index contributed by atoms with van der Waals surface area (Å²) in [5.41, 5.74) is 1.13. The zero-order chi connectivity index (χ0) is 19.6. The van der Waals surface area contributed by atoms with E-state index in [9.17, 15) is 0 Å². The quantitative estimate of drug-likeness (QED) is 0.267. The lowest BCUT2D eigenvalue weighted by Gasteiger charge is -2.36. The largest absolute Gasteiger partial charge is 0.493 e. The third kappa shape index (κ3) is 6.34. The normalized spacial score (nSPS) is 14.7. The summed E-state index contributed by atoms with van der Waals surface area (Å²) in [5.74, 6) is 5.44. The van der Waals surface area contributed by atoms with Gasteiger partial charge in [0.2, 0.25) is 5.75 Å². The molecule has 0 radical (unpaired) electrons. The lowest BCUT2D eigenvalue weighted by atomic mass is 10.1. The number of piperazine rings is 1. The van der Waals surface area contributed by atoms with Crippen LogP contribution in [0.25, 0.3) is 0 Å². The zero-order valence-corrected chi connectivity index (χ0v) is 19.5. The van der Waals surface area contributed by atoms with Crippen LogP contribution in [0.15, 0.2) is 17.1 Å². The lowest BCUT2D eigenvalue weighted by molar-refractivity contribution is 0.172. The fourth-order valence-electron chi connectivity index (χ4n) is 3.15. The molecule has 2 rings (SSSR count). The van der Waals surface area contributed by atoms with Crippen LogP contribution in [-0.4, -0.2) is 76.4 Å². The molecule has 0 aliphatic carbocycles. The van der Waals surface area contributed by atoms with E-state index in [2.05, 4.69) is 33.0 Å². The first kappa shape index (κ1) is 24.2. The molecule has 1 heterocycles. The van der Waals surface area contributed by atoms with Gasteiger partial charge < -0.3 is 24.4 Å². The number of aliphatic imine (C=N–C) groups is 1. The Labute approximate surface area is 185 Å². The summed E-state index contributed by atoms with van der Waals surface area (Å²) in [5, 5.41) is 3.31. The predicted molar refractivity (Wildman–Crippen MR) is 123 cm³/mol. The molecule has 1 N–H and O–H groups in total. The Kier molecular flexibility index (Phi) is 10.9. The van der Waals surface area contributed by atoms with Gasteiger partial charge in [-0.05, 0) is 24.6 Å². The van der Waals surface area contributed by atoms with Gasteiger partial charge in [0.1, 0.15) is 6.54 Å². The first-order valence-electron chi connectivity index (χ1n) is 9.14. The molecule has 0 atom stereocenters. The van der Waals surface area contributed by atoms with Gasteiger partial charge in [-0.15, -0.1) is 30.4 Å². The van der Waals surface area contributed by atoms with Gasteiger partial charge in [-0.3, -0.25) is 4.90 Å². The maximum atomic E-state index is 5.45. The molecule has 8 heteroatoms. The molecule has 1 aliphatic rings. The van der Waals surface area contributed by atoms with Gasteiger partial charge in [0.25, 0.3) is 0 Å². The molecule has 0 spiro atoms. The number of guanidine groups is 1. The molecule has 0 amide bonds. The fraction of sp³-hybridized carbons (Fsp3) is 0.550. The van der Waals surface area contributed by atoms with Crippen molar-refractivity contribution in [3.05, 3.63) is 17.7 Å². The van der Waals surface area contributed by atoms with E-state index in [1.165, 1.54) is 0 Å². The maximum absolute atomic E-state index is 5.45. The summed E-state index contributed by atoms with van der Waals surface area (Å²) in [7, 11) is 4.89. The Bertz CT molecular complexity index is 658. The summed E-state index contributed by atoms with van der Waals surface area (Å²) >= 11 is 0. The van der Waals surface area contributed by atoms with Crippen molar-refractivity contribution in [2.75, 3.05) is 60.6 Å². The number of hydrogen-bond donors (Lipinski definition) is 1.